The number of fused-ring (bicyclic) bond motifs is 2. The second-order valence-electron chi connectivity index (χ2n) is 7.10. The summed E-state index contributed by atoms with van der Waals surface area (Å²) >= 11 is 0. The Bertz CT molecular complexity index is 639. The number of nitrogens with zero attached hydrogens (tertiary/aromatic N) is 1. The largest absolute Gasteiger partial charge is 0.374 e. The van der Waals surface area contributed by atoms with E-state index in [1.165, 1.54) is 6.42 Å². The fourth-order valence-electron chi connectivity index (χ4n) is 4.19. The average molecular weight is 328 g/mol. The van der Waals surface area contributed by atoms with E-state index in [1.807, 2.05) is 29.2 Å². The Morgan fingerprint density at radius 1 is 1.08 bits per heavy atom. The number of anilines is 1. The number of benzene rings is 1. The number of nitrogens with one attached hydrogen (secondary N) is 1. The maximum Gasteiger partial charge on any atom is 0.255 e. The highest BCUT2D eigenvalue weighted by Gasteiger charge is 2.44. The molecule has 0 aliphatic carbocycles. The van der Waals surface area contributed by atoms with Crippen LogP contribution in [-0.4, -0.2) is 42.0 Å². The second kappa shape index (κ2) is 6.55. The number of amides is 2. The number of likely N-dealkylation sites (tertiary alicyclic amines) is 1. The average Bonchev–Trinajstić information content (AvgIpc) is 3.26. The molecule has 0 radical (unpaired) electrons. The molecule has 5 heteroatoms. The molecule has 3 heterocycles. The lowest BCUT2D eigenvalue weighted by atomic mass is 9.88. The van der Waals surface area contributed by atoms with Crippen molar-refractivity contribution in [3.8, 4) is 0 Å². The topological polar surface area (TPSA) is 58.6 Å². The van der Waals surface area contributed by atoms with Crippen molar-refractivity contribution in [3.05, 3.63) is 29.8 Å². The van der Waals surface area contributed by atoms with E-state index in [9.17, 15) is 9.59 Å². The van der Waals surface area contributed by atoms with Crippen molar-refractivity contribution >= 4 is 17.5 Å². The molecule has 2 bridgehead atoms. The molecule has 3 aliphatic heterocycles. The molecule has 0 aromatic heterocycles. The van der Waals surface area contributed by atoms with Crippen LogP contribution in [0.1, 0.15) is 48.9 Å². The Hall–Kier alpha value is -1.88. The van der Waals surface area contributed by atoms with Gasteiger partial charge in [-0.1, -0.05) is 12.1 Å². The lowest BCUT2D eigenvalue weighted by Gasteiger charge is -2.27. The quantitative estimate of drug-likeness (QED) is 0.928. The van der Waals surface area contributed by atoms with Crippen LogP contribution in [0, 0.1) is 5.92 Å². The SMILES string of the molecule is O=C(Nc1ccccc1C(=O)N1CCCCC1)C1CC2CCC1O2. The Labute approximate surface area is 142 Å². The van der Waals surface area contributed by atoms with E-state index in [4.69, 9.17) is 4.74 Å². The molecule has 4 rings (SSSR count). The summed E-state index contributed by atoms with van der Waals surface area (Å²) in [5, 5.41) is 2.99. The summed E-state index contributed by atoms with van der Waals surface area (Å²) in [5.74, 6) is -0.0715. The number of piperidine rings is 1. The normalized spacial score (nSPS) is 28.8. The van der Waals surface area contributed by atoms with Gasteiger partial charge in [-0.15, -0.1) is 0 Å². The minimum atomic E-state index is -0.0816. The first-order valence-electron chi connectivity index (χ1n) is 9.07. The summed E-state index contributed by atoms with van der Waals surface area (Å²) < 4.78 is 5.78. The fourth-order valence-corrected chi connectivity index (χ4v) is 4.19. The van der Waals surface area contributed by atoms with Gasteiger partial charge in [0, 0.05) is 13.1 Å². The number of hydrogen-bond acceptors (Lipinski definition) is 3. The third-order valence-electron chi connectivity index (χ3n) is 5.50. The zero-order chi connectivity index (χ0) is 16.5. The standard InChI is InChI=1S/C19H24N2O3/c22-18(15-12-13-8-9-17(15)24-13)20-16-7-3-2-6-14(16)19(23)21-10-4-1-5-11-21/h2-3,6-7,13,15,17H,1,4-5,8-12H2,(H,20,22). The molecule has 3 atom stereocenters. The van der Waals surface area contributed by atoms with Gasteiger partial charge in [0.1, 0.15) is 0 Å². The highest BCUT2D eigenvalue weighted by Crippen LogP contribution is 2.39. The molecule has 0 spiro atoms. The Morgan fingerprint density at radius 3 is 2.58 bits per heavy atom. The molecular formula is C19H24N2O3. The molecule has 1 N–H and O–H groups in total. The molecular weight excluding hydrogens is 304 g/mol. The van der Waals surface area contributed by atoms with E-state index in [0.29, 0.717) is 11.3 Å². The van der Waals surface area contributed by atoms with Crippen LogP contribution in [0.3, 0.4) is 0 Å². The zero-order valence-corrected chi connectivity index (χ0v) is 13.9. The van der Waals surface area contributed by atoms with Crippen LogP contribution >= 0.6 is 0 Å². The first-order valence-corrected chi connectivity index (χ1v) is 9.07. The van der Waals surface area contributed by atoms with Crippen molar-refractivity contribution in [1.29, 1.82) is 0 Å². The summed E-state index contributed by atoms with van der Waals surface area (Å²) in [6.45, 7) is 1.61. The van der Waals surface area contributed by atoms with E-state index >= 15 is 0 Å². The second-order valence-corrected chi connectivity index (χ2v) is 7.10. The van der Waals surface area contributed by atoms with Crippen molar-refractivity contribution in [2.75, 3.05) is 18.4 Å². The first-order chi connectivity index (χ1) is 11.7. The molecule has 1 aromatic rings. The monoisotopic (exact) mass is 328 g/mol. The van der Waals surface area contributed by atoms with Gasteiger partial charge in [-0.3, -0.25) is 9.59 Å². The number of rotatable bonds is 3. The predicted octanol–water partition coefficient (Wildman–Crippen LogP) is 2.82. The summed E-state index contributed by atoms with van der Waals surface area (Å²) in [4.78, 5) is 27.3. The van der Waals surface area contributed by atoms with E-state index < -0.39 is 0 Å². The highest BCUT2D eigenvalue weighted by molar-refractivity contribution is 6.04. The van der Waals surface area contributed by atoms with Gasteiger partial charge < -0.3 is 15.0 Å². The van der Waals surface area contributed by atoms with E-state index in [1.54, 1.807) is 0 Å². The van der Waals surface area contributed by atoms with Gasteiger partial charge in [-0.2, -0.15) is 0 Å². The molecule has 3 unspecified atom stereocenters. The van der Waals surface area contributed by atoms with Crippen LogP contribution in [0.4, 0.5) is 5.69 Å². The van der Waals surface area contributed by atoms with Gasteiger partial charge in [0.15, 0.2) is 0 Å². The van der Waals surface area contributed by atoms with Crippen LogP contribution in [0.2, 0.25) is 0 Å². The Morgan fingerprint density at radius 2 is 1.88 bits per heavy atom. The third-order valence-corrected chi connectivity index (χ3v) is 5.50. The number of hydrogen-bond donors (Lipinski definition) is 1. The molecule has 128 valence electrons. The lowest BCUT2D eigenvalue weighted by molar-refractivity contribution is -0.121. The third kappa shape index (κ3) is 2.93. The van der Waals surface area contributed by atoms with Gasteiger partial charge in [0.05, 0.1) is 29.4 Å². The molecule has 5 nitrogen and oxygen atoms in total. The van der Waals surface area contributed by atoms with Crippen LogP contribution < -0.4 is 5.32 Å². The van der Waals surface area contributed by atoms with Crippen molar-refractivity contribution in [1.82, 2.24) is 4.90 Å². The van der Waals surface area contributed by atoms with Crippen molar-refractivity contribution in [2.24, 2.45) is 5.92 Å². The van der Waals surface area contributed by atoms with Crippen LogP contribution in [0.5, 0.6) is 0 Å². The van der Waals surface area contributed by atoms with E-state index in [2.05, 4.69) is 5.32 Å². The Kier molecular flexibility index (Phi) is 4.27. The fraction of sp³-hybridized carbons (Fsp3) is 0.579. The smallest absolute Gasteiger partial charge is 0.255 e. The number of ether oxygens (including phenoxy) is 1. The van der Waals surface area contributed by atoms with Crippen molar-refractivity contribution < 1.29 is 14.3 Å². The molecule has 24 heavy (non-hydrogen) atoms. The van der Waals surface area contributed by atoms with Gasteiger partial charge in [0.25, 0.3) is 5.91 Å². The highest BCUT2D eigenvalue weighted by atomic mass is 16.5. The molecule has 1 aromatic carbocycles. The first kappa shape index (κ1) is 15.6. The van der Waals surface area contributed by atoms with Crippen LogP contribution in [-0.2, 0) is 9.53 Å². The maximum absolute atomic E-state index is 12.8. The minimum Gasteiger partial charge on any atom is -0.374 e. The van der Waals surface area contributed by atoms with Crippen LogP contribution in [0.15, 0.2) is 24.3 Å². The van der Waals surface area contributed by atoms with Gasteiger partial charge in [0.2, 0.25) is 5.91 Å². The van der Waals surface area contributed by atoms with E-state index in [0.717, 1.165) is 45.2 Å². The summed E-state index contributed by atoms with van der Waals surface area (Å²) in [6, 6.07) is 7.35. The zero-order valence-electron chi connectivity index (χ0n) is 13.9. The summed E-state index contributed by atoms with van der Waals surface area (Å²) in [6.07, 6.45) is 6.45. The van der Waals surface area contributed by atoms with Crippen molar-refractivity contribution in [2.45, 2.75) is 50.7 Å². The summed E-state index contributed by atoms with van der Waals surface area (Å²) in [7, 11) is 0. The maximum atomic E-state index is 12.8. The predicted molar refractivity (Wildman–Crippen MR) is 90.8 cm³/mol. The lowest BCUT2D eigenvalue weighted by Crippen LogP contribution is -2.36. The minimum absolute atomic E-state index is 0.0129. The van der Waals surface area contributed by atoms with Gasteiger partial charge in [-0.05, 0) is 50.7 Å². The molecule has 3 fully saturated rings. The van der Waals surface area contributed by atoms with Gasteiger partial charge in [-0.25, -0.2) is 0 Å². The Balaban J connectivity index is 1.49. The number of carbonyl (C=O) groups is 2. The number of carbonyl (C=O) groups excluding carboxylic acids is 2. The molecule has 3 saturated heterocycles. The number of para-hydroxylation sites is 1. The molecule has 2 amide bonds. The summed E-state index contributed by atoms with van der Waals surface area (Å²) in [5.41, 5.74) is 1.22. The van der Waals surface area contributed by atoms with Gasteiger partial charge >= 0.3 is 0 Å². The van der Waals surface area contributed by atoms with E-state index in [-0.39, 0.29) is 29.9 Å². The van der Waals surface area contributed by atoms with Crippen LogP contribution in [0.25, 0.3) is 0 Å². The van der Waals surface area contributed by atoms with Crippen molar-refractivity contribution in [3.63, 3.8) is 0 Å². The molecule has 3 aliphatic rings. The molecule has 0 saturated carbocycles.